The number of hydrogen-bond donors (Lipinski definition) is 19. The van der Waals surface area contributed by atoms with Crippen LogP contribution in [0.3, 0.4) is 0 Å². The molecule has 1 saturated heterocycles. The fraction of sp³-hybridized carbons (Fsp3) is 0.844. The van der Waals surface area contributed by atoms with Crippen molar-refractivity contribution in [2.45, 2.75) is 351 Å². The lowest BCUT2D eigenvalue weighted by atomic mass is 9.79. The van der Waals surface area contributed by atoms with E-state index in [0.717, 1.165) is 77.0 Å². The number of aliphatic hydroxyl groups is 9. The Labute approximate surface area is 756 Å². The summed E-state index contributed by atoms with van der Waals surface area (Å²) in [6, 6.07) is -2.83. The zero-order chi connectivity index (χ0) is 94.5. The Morgan fingerprint density at radius 2 is 0.664 bits per heavy atom. The maximum atomic E-state index is 14.1. The molecular weight excluding hydrogens is 1670 g/mol. The highest BCUT2D eigenvalue weighted by molar-refractivity contribution is 5.87. The summed E-state index contributed by atoms with van der Waals surface area (Å²) >= 11 is 0. The first-order chi connectivity index (χ1) is 61.2. The first-order valence-electron chi connectivity index (χ1n) is 46.8. The number of ketones is 2. The van der Waals surface area contributed by atoms with Crippen LogP contribution in [0.15, 0.2) is 12.2 Å². The quantitative estimate of drug-likeness (QED) is 0.0302. The Hall–Kier alpha value is -6.86. The summed E-state index contributed by atoms with van der Waals surface area (Å²) in [5, 5.41) is 120. The molecule has 738 valence electrons. The van der Waals surface area contributed by atoms with Crippen molar-refractivity contribution in [1.29, 1.82) is 0 Å². The van der Waals surface area contributed by atoms with Crippen LogP contribution in [0.2, 0.25) is 0 Å². The van der Waals surface area contributed by atoms with Crippen LogP contribution < -0.4 is 53.2 Å². The summed E-state index contributed by atoms with van der Waals surface area (Å²) in [5.41, 5.74) is -1.46. The van der Waals surface area contributed by atoms with Crippen LogP contribution >= 0.6 is 0 Å². The fourth-order valence-electron chi connectivity index (χ4n) is 15.2. The maximum absolute atomic E-state index is 14.1. The second-order valence-electron chi connectivity index (χ2n) is 35.3. The van der Waals surface area contributed by atoms with Crippen molar-refractivity contribution < 1.29 is 137 Å². The number of unbranched alkanes of at least 4 members (excludes halogenated alkanes) is 15. The van der Waals surface area contributed by atoms with E-state index in [2.05, 4.69) is 53.2 Å². The fourth-order valence-corrected chi connectivity index (χ4v) is 15.2. The molecule has 0 aromatic carbocycles. The molecule has 1 heterocycles. The van der Waals surface area contributed by atoms with Crippen LogP contribution in [0.25, 0.3) is 0 Å². The van der Waals surface area contributed by atoms with Crippen molar-refractivity contribution in [3.63, 3.8) is 0 Å². The molecule has 6 unspecified atom stereocenters. The Morgan fingerprint density at radius 1 is 0.344 bits per heavy atom. The molecule has 3 aliphatic rings. The summed E-state index contributed by atoms with van der Waals surface area (Å²) in [7, 11) is 0. The van der Waals surface area contributed by atoms with E-state index in [9.17, 15) is 103 Å². The van der Waals surface area contributed by atoms with Crippen molar-refractivity contribution in [2.24, 2.45) is 17.3 Å². The second kappa shape index (κ2) is 68.2. The van der Waals surface area contributed by atoms with E-state index < -0.39 is 121 Å². The van der Waals surface area contributed by atoms with Gasteiger partial charge in [-0.1, -0.05) is 84.6 Å². The maximum Gasteiger partial charge on any atom is 0.243 e. The Balaban J connectivity index is 1.59. The zero-order valence-corrected chi connectivity index (χ0v) is 77.1. The van der Waals surface area contributed by atoms with Gasteiger partial charge in [0.05, 0.1) is 82.7 Å². The Kier molecular flexibility index (Phi) is 61.4. The topological polar surface area (TPSA) is 572 Å². The number of rotatable bonds is 73. The van der Waals surface area contributed by atoms with E-state index in [-0.39, 0.29) is 228 Å². The van der Waals surface area contributed by atoms with Gasteiger partial charge >= 0.3 is 0 Å². The third kappa shape index (κ3) is 52.4. The van der Waals surface area contributed by atoms with Gasteiger partial charge in [-0.15, -0.1) is 0 Å². The molecule has 2 aliphatic carbocycles. The van der Waals surface area contributed by atoms with Crippen LogP contribution in [0.5, 0.6) is 0 Å². The van der Waals surface area contributed by atoms with Crippen molar-refractivity contribution in [1.82, 2.24) is 53.2 Å². The molecule has 0 radical (unpaired) electrons. The van der Waals surface area contributed by atoms with E-state index in [4.69, 9.17) is 33.2 Å². The molecule has 19 N–H and O–H groups in total. The number of Topliss-reactive ketones (excluding diaryl/α,β-unsaturated/α-hetero) is 2. The Bertz CT molecular complexity index is 2970. The van der Waals surface area contributed by atoms with Gasteiger partial charge in [-0.3, -0.25) is 57.5 Å². The molecule has 0 bridgehead atoms. The molecule has 10 amide bonds. The second-order valence-corrected chi connectivity index (χ2v) is 35.3. The highest BCUT2D eigenvalue weighted by atomic mass is 16.7. The summed E-state index contributed by atoms with van der Waals surface area (Å²) in [4.78, 5) is 152. The van der Waals surface area contributed by atoms with Crippen molar-refractivity contribution in [3.05, 3.63) is 12.2 Å². The van der Waals surface area contributed by atoms with E-state index in [1.807, 2.05) is 26.8 Å². The van der Waals surface area contributed by atoms with Gasteiger partial charge in [-0.05, 0) is 114 Å². The standard InChI is InChI=1S/C90H160N10O28/c1-62(104)97-79-69(54-65(56-101)82(116)85(79)119)125-48-26-21-34-72(109)93-44-28-46-95-76(113)39-52-123-60-90(100-78(115)36-18-14-10-8-7-9-12-16-30-67(107)31-17-13-11-15-23-42-91-74(111)37-41-89(4,5)6,59-122-51-38-75(112)92-43-24-19-32-68(108)33-20-25-50-127-88-81(99-64(3)106)87(121)84(118)71(58-103)128-88)61-124-53-40-77(114)96-47-29-45-94-73(110)35-22-27-49-126-70-55-66(57-102)83(117)86(120)80(70)98-63(2)105/h37,41,65-66,69-71,79-88,101-103,116-121H,7-36,38-40,42-61H2,1-6H3,(H,91,111)(H,92,112)(H,93,109)(H,94,110)(H,95,113)(H,96,114)(H,97,104)(H,98,105)(H,99,106)(H,100,115)/b41-37+/t65?,66?,69-,70-,71?,79?,80?,81?,82+,83+,84+,85-,86-,87-,88-,90?/m1/s1. The number of nitrogens with one attached hydrogen (secondary N) is 10. The third-order valence-corrected chi connectivity index (χ3v) is 22.6. The number of carbonyl (C=O) groups is 12. The normalized spacial score (nSPS) is 22.8. The highest BCUT2D eigenvalue weighted by Crippen LogP contribution is 2.31. The first-order valence-corrected chi connectivity index (χ1v) is 46.8. The van der Waals surface area contributed by atoms with Crippen LogP contribution in [-0.4, -0.2) is 320 Å². The van der Waals surface area contributed by atoms with Crippen molar-refractivity contribution >= 4 is 70.6 Å². The number of amides is 10. The third-order valence-electron chi connectivity index (χ3n) is 22.6. The van der Waals surface area contributed by atoms with Gasteiger partial charge in [0.2, 0.25) is 59.1 Å². The predicted octanol–water partition coefficient (Wildman–Crippen LogP) is 1.41. The monoisotopic (exact) mass is 1830 g/mol. The van der Waals surface area contributed by atoms with Crippen LogP contribution in [-0.2, 0) is 90.7 Å². The summed E-state index contributed by atoms with van der Waals surface area (Å²) in [6.45, 7) is 10.0. The molecule has 1 aliphatic heterocycles. The van der Waals surface area contributed by atoms with E-state index in [0.29, 0.717) is 90.0 Å². The lowest BCUT2D eigenvalue weighted by Crippen LogP contribution is -2.64. The molecule has 38 nitrogen and oxygen atoms in total. The van der Waals surface area contributed by atoms with Gasteiger partial charge < -0.3 is 132 Å². The molecule has 2 saturated carbocycles. The zero-order valence-electron chi connectivity index (χ0n) is 77.1. The number of hydrogen-bond acceptors (Lipinski definition) is 28. The first kappa shape index (κ1) is 115. The van der Waals surface area contributed by atoms with Gasteiger partial charge in [-0.2, -0.15) is 0 Å². The van der Waals surface area contributed by atoms with Gasteiger partial charge in [0.25, 0.3) is 0 Å². The minimum absolute atomic E-state index is 0.00278. The van der Waals surface area contributed by atoms with Gasteiger partial charge in [0, 0.05) is 169 Å². The molecule has 0 spiro atoms. The molecule has 38 heteroatoms. The number of ether oxygens (including phenoxy) is 7. The van der Waals surface area contributed by atoms with Crippen LogP contribution in [0.1, 0.15) is 266 Å². The predicted molar refractivity (Wildman–Crippen MR) is 473 cm³/mol. The van der Waals surface area contributed by atoms with E-state index in [1.54, 1.807) is 6.08 Å². The van der Waals surface area contributed by atoms with E-state index in [1.165, 1.54) is 20.8 Å². The molecule has 0 aromatic rings. The lowest BCUT2D eigenvalue weighted by molar-refractivity contribution is -0.270. The smallest absolute Gasteiger partial charge is 0.243 e. The minimum Gasteiger partial charge on any atom is -0.396 e. The highest BCUT2D eigenvalue weighted by Gasteiger charge is 2.48. The van der Waals surface area contributed by atoms with Crippen LogP contribution in [0, 0.1) is 17.3 Å². The van der Waals surface area contributed by atoms with Crippen molar-refractivity contribution in [2.75, 3.05) is 119 Å². The Morgan fingerprint density at radius 3 is 1.06 bits per heavy atom. The summed E-state index contributed by atoms with van der Waals surface area (Å²) in [5.74, 6) is -4.20. The van der Waals surface area contributed by atoms with E-state index >= 15 is 0 Å². The SMILES string of the molecule is CC(=O)NC1[C@H](OCCCCC(=O)CCCCNC(=O)CCOCC(COCCC(=O)NCCCNC(=O)CCCCO[C@@H]2CC(CO)[C@H](O)[C@H](O)C2NC(C)=O)(COCCC(=O)NCCCNC(=O)CCCCO[C@@H]2CC(CO)[C@H](O)[C@H](O)C2NC(C)=O)NC(=O)CCCCCCCCCCC(=O)CCCCCCCNC(=O)/C=C/C(C)(C)C)OC(CO)[C@H](O)[C@@H]1O. The average molecular weight is 1830 g/mol. The molecule has 3 fully saturated rings. The molecule has 15 atom stereocenters. The molecule has 0 aromatic heterocycles. The largest absolute Gasteiger partial charge is 0.396 e. The van der Waals surface area contributed by atoms with Gasteiger partial charge in [-0.25, -0.2) is 0 Å². The van der Waals surface area contributed by atoms with Crippen molar-refractivity contribution in [3.8, 4) is 0 Å². The van der Waals surface area contributed by atoms with Gasteiger partial charge in [0.1, 0.15) is 53.7 Å². The van der Waals surface area contributed by atoms with Gasteiger partial charge in [0.15, 0.2) is 6.29 Å². The average Bonchev–Trinajstić information content (AvgIpc) is 0.807. The number of aliphatic hydroxyl groups excluding tert-OH is 9. The summed E-state index contributed by atoms with van der Waals surface area (Å²) in [6.07, 6.45) is 10.4. The number of carbonyl (C=O) groups excluding carboxylic acids is 12. The number of allylic oxidation sites excluding steroid dienone is 1. The van der Waals surface area contributed by atoms with Crippen LogP contribution in [0.4, 0.5) is 0 Å². The molecular formula is C90H160N10O28. The minimum atomic E-state index is -1.45. The lowest BCUT2D eigenvalue weighted by Gasteiger charge is -2.42. The summed E-state index contributed by atoms with van der Waals surface area (Å²) < 4.78 is 41.7. The molecule has 128 heavy (non-hydrogen) atoms. The molecule has 3 rings (SSSR count).